The number of amides is 3. The van der Waals surface area contributed by atoms with Gasteiger partial charge in [0.15, 0.2) is 0 Å². The normalized spacial score (nSPS) is 13.1. The number of ether oxygens (including phenoxy) is 1. The predicted octanol–water partition coefficient (Wildman–Crippen LogP) is 5.61. The number of aryl methyl sites for hydroxylation is 4. The molecule has 0 saturated carbocycles. The van der Waals surface area contributed by atoms with Crippen molar-refractivity contribution in [2.75, 3.05) is 12.4 Å². The van der Waals surface area contributed by atoms with Crippen molar-refractivity contribution in [1.82, 2.24) is 10.2 Å². The lowest BCUT2D eigenvalue weighted by molar-refractivity contribution is -0.140. The van der Waals surface area contributed by atoms with Crippen LogP contribution in [0.2, 0.25) is 0 Å². The molecular formula is C29H41N3O4. The number of carbonyl (C=O) groups excluding carboxylic acids is 3. The first kappa shape index (κ1) is 28.9. The van der Waals surface area contributed by atoms with Gasteiger partial charge in [0.05, 0.1) is 0 Å². The second-order valence-electron chi connectivity index (χ2n) is 10.8. The van der Waals surface area contributed by atoms with Gasteiger partial charge >= 0.3 is 6.09 Å². The molecule has 7 nitrogen and oxygen atoms in total. The van der Waals surface area contributed by atoms with E-state index in [1.165, 1.54) is 4.90 Å². The number of rotatable bonds is 7. The van der Waals surface area contributed by atoms with Crippen molar-refractivity contribution in [3.63, 3.8) is 0 Å². The van der Waals surface area contributed by atoms with E-state index in [0.29, 0.717) is 0 Å². The van der Waals surface area contributed by atoms with E-state index < -0.39 is 23.8 Å². The van der Waals surface area contributed by atoms with E-state index in [9.17, 15) is 14.4 Å². The minimum absolute atomic E-state index is 0.229. The lowest BCUT2D eigenvalue weighted by Gasteiger charge is -2.34. The second-order valence-corrected chi connectivity index (χ2v) is 10.8. The van der Waals surface area contributed by atoms with Gasteiger partial charge in [-0.05, 0) is 82.2 Å². The Morgan fingerprint density at radius 3 is 1.78 bits per heavy atom. The molecule has 0 aromatic heterocycles. The molecule has 36 heavy (non-hydrogen) atoms. The number of carbonyl (C=O) groups is 3. The Balaban J connectivity index is 2.49. The van der Waals surface area contributed by atoms with Crippen LogP contribution >= 0.6 is 0 Å². The zero-order valence-corrected chi connectivity index (χ0v) is 23.3. The van der Waals surface area contributed by atoms with E-state index in [0.717, 1.165) is 33.5 Å². The van der Waals surface area contributed by atoms with E-state index in [2.05, 4.69) is 10.6 Å². The molecule has 0 aliphatic rings. The zero-order chi connectivity index (χ0) is 27.4. The van der Waals surface area contributed by atoms with Crippen LogP contribution in [0.5, 0.6) is 0 Å². The topological polar surface area (TPSA) is 87.7 Å². The fraction of sp³-hybridized carbons (Fsp3) is 0.483. The maximum absolute atomic E-state index is 13.9. The summed E-state index contributed by atoms with van der Waals surface area (Å²) in [6, 6.07) is 9.82. The van der Waals surface area contributed by atoms with Crippen LogP contribution < -0.4 is 10.6 Å². The molecular weight excluding hydrogens is 454 g/mol. The molecule has 0 saturated heterocycles. The molecule has 2 unspecified atom stereocenters. The Bertz CT molecular complexity index is 1080. The quantitative estimate of drug-likeness (QED) is 0.523. The highest BCUT2D eigenvalue weighted by Crippen LogP contribution is 2.30. The number of anilines is 1. The third-order valence-corrected chi connectivity index (χ3v) is 6.13. The summed E-state index contributed by atoms with van der Waals surface area (Å²) in [7, 11) is 1.61. The molecule has 7 heteroatoms. The van der Waals surface area contributed by atoms with E-state index >= 15 is 0 Å². The number of nitrogens with zero attached hydrogens (tertiary/aromatic N) is 1. The molecule has 0 spiro atoms. The van der Waals surface area contributed by atoms with Crippen LogP contribution in [-0.4, -0.2) is 41.5 Å². The van der Waals surface area contributed by atoms with Crippen LogP contribution in [0.15, 0.2) is 36.4 Å². The molecule has 2 N–H and O–H groups in total. The fourth-order valence-electron chi connectivity index (χ4n) is 4.26. The summed E-state index contributed by atoms with van der Waals surface area (Å²) in [5.41, 5.74) is 4.46. The molecule has 0 heterocycles. The summed E-state index contributed by atoms with van der Waals surface area (Å²) in [6.45, 7) is 16.7. The van der Waals surface area contributed by atoms with E-state index in [4.69, 9.17) is 4.74 Å². The minimum Gasteiger partial charge on any atom is -0.444 e. The molecule has 0 aliphatic carbocycles. The first-order chi connectivity index (χ1) is 16.6. The van der Waals surface area contributed by atoms with Gasteiger partial charge in [0.1, 0.15) is 17.7 Å². The van der Waals surface area contributed by atoms with Gasteiger partial charge in [-0.3, -0.25) is 9.59 Å². The summed E-state index contributed by atoms with van der Waals surface area (Å²) >= 11 is 0. The van der Waals surface area contributed by atoms with Gasteiger partial charge in [0, 0.05) is 12.7 Å². The largest absolute Gasteiger partial charge is 0.444 e. The highest BCUT2D eigenvalue weighted by molar-refractivity contribution is 6.00. The van der Waals surface area contributed by atoms with Crippen molar-refractivity contribution in [3.8, 4) is 0 Å². The first-order valence-electron chi connectivity index (χ1n) is 12.3. The summed E-state index contributed by atoms with van der Waals surface area (Å²) in [6.07, 6.45) is -0.674. The fourth-order valence-corrected chi connectivity index (χ4v) is 4.26. The maximum atomic E-state index is 13.9. The number of para-hydroxylation sites is 1. The van der Waals surface area contributed by atoms with Gasteiger partial charge < -0.3 is 20.3 Å². The molecule has 0 aliphatic heterocycles. The summed E-state index contributed by atoms with van der Waals surface area (Å²) in [4.78, 5) is 41.6. The Morgan fingerprint density at radius 1 is 0.861 bits per heavy atom. The number of nitrogens with one attached hydrogen (secondary N) is 2. The van der Waals surface area contributed by atoms with Crippen LogP contribution in [-0.2, 0) is 14.3 Å². The van der Waals surface area contributed by atoms with Crippen molar-refractivity contribution < 1.29 is 19.1 Å². The van der Waals surface area contributed by atoms with Gasteiger partial charge in [-0.1, -0.05) is 50.2 Å². The molecule has 3 amide bonds. The number of benzene rings is 2. The van der Waals surface area contributed by atoms with Crippen LogP contribution in [0, 0.1) is 33.6 Å². The average molecular weight is 496 g/mol. The molecule has 2 aromatic rings. The van der Waals surface area contributed by atoms with E-state index in [1.54, 1.807) is 27.8 Å². The van der Waals surface area contributed by atoms with Crippen molar-refractivity contribution in [1.29, 1.82) is 0 Å². The monoisotopic (exact) mass is 495 g/mol. The SMILES string of the molecule is Cc1cccc(C)c1NC(=O)C(c1c(C)cccc1C)N(C)C(=O)C(NC(=O)OC(C)(C)C)C(C)C. The lowest BCUT2D eigenvalue weighted by atomic mass is 9.93. The summed E-state index contributed by atoms with van der Waals surface area (Å²) in [5, 5.41) is 5.77. The zero-order valence-electron chi connectivity index (χ0n) is 23.3. The highest BCUT2D eigenvalue weighted by atomic mass is 16.6. The van der Waals surface area contributed by atoms with E-state index in [1.807, 2.05) is 77.9 Å². The first-order valence-corrected chi connectivity index (χ1v) is 12.3. The van der Waals surface area contributed by atoms with Gasteiger partial charge in [-0.2, -0.15) is 0 Å². The molecule has 2 atom stereocenters. The van der Waals surface area contributed by atoms with Gasteiger partial charge in [0.2, 0.25) is 5.91 Å². The van der Waals surface area contributed by atoms with Crippen molar-refractivity contribution in [3.05, 3.63) is 64.2 Å². The number of alkyl carbamates (subject to hydrolysis) is 1. The molecule has 0 fully saturated rings. The lowest BCUT2D eigenvalue weighted by Crippen LogP contribution is -2.53. The van der Waals surface area contributed by atoms with Crippen molar-refractivity contribution in [2.45, 2.75) is 80.0 Å². The van der Waals surface area contributed by atoms with Crippen LogP contribution in [0.1, 0.15) is 68.5 Å². The molecule has 0 radical (unpaired) electrons. The molecule has 196 valence electrons. The van der Waals surface area contributed by atoms with Crippen molar-refractivity contribution in [2.24, 2.45) is 5.92 Å². The van der Waals surface area contributed by atoms with E-state index in [-0.39, 0.29) is 17.7 Å². The summed E-state index contributed by atoms with van der Waals surface area (Å²) < 4.78 is 5.38. The highest BCUT2D eigenvalue weighted by Gasteiger charge is 2.37. The van der Waals surface area contributed by atoms with Gasteiger partial charge in [-0.15, -0.1) is 0 Å². The number of hydrogen-bond donors (Lipinski definition) is 2. The Kier molecular flexibility index (Phi) is 9.30. The number of hydrogen-bond acceptors (Lipinski definition) is 4. The van der Waals surface area contributed by atoms with Crippen LogP contribution in [0.3, 0.4) is 0 Å². The minimum atomic E-state index is -0.903. The smallest absolute Gasteiger partial charge is 0.408 e. The molecule has 0 bridgehead atoms. The maximum Gasteiger partial charge on any atom is 0.408 e. The Morgan fingerprint density at radius 2 is 1.33 bits per heavy atom. The molecule has 2 aromatic carbocycles. The van der Waals surface area contributed by atoms with Crippen molar-refractivity contribution >= 4 is 23.6 Å². The van der Waals surface area contributed by atoms with Gasteiger partial charge in [-0.25, -0.2) is 4.79 Å². The molecule has 2 rings (SSSR count). The predicted molar refractivity (Wildman–Crippen MR) is 144 cm³/mol. The van der Waals surface area contributed by atoms with Crippen LogP contribution in [0.4, 0.5) is 10.5 Å². The average Bonchev–Trinajstić information content (AvgIpc) is 2.75. The van der Waals surface area contributed by atoms with Crippen LogP contribution in [0.25, 0.3) is 0 Å². The third-order valence-electron chi connectivity index (χ3n) is 6.13. The van der Waals surface area contributed by atoms with Gasteiger partial charge in [0.25, 0.3) is 5.91 Å². The third kappa shape index (κ3) is 7.09. The Labute approximate surface area is 215 Å². The second kappa shape index (κ2) is 11.6. The summed E-state index contributed by atoms with van der Waals surface area (Å²) in [5.74, 6) is -0.923. The standard InChI is InChI=1S/C29H41N3O4/c1-17(2)23(31-28(35)36-29(7,8)9)27(34)32(10)25(22-18(3)13-11-14-19(22)4)26(33)30-24-20(5)15-12-16-21(24)6/h11-17,23,25H,1-10H3,(H,30,33)(H,31,35). The Hall–Kier alpha value is -3.35. The number of likely N-dealkylation sites (N-methyl/N-ethyl adjacent to an activating group) is 1.